The SMILES string of the molecule is [2H]C([2H])(OP(=O)(O)O)[C@@]1(F)O[C@@]([2H])(n2cc(F)c(=O)[nH]c2=S)[C@H](O)[C@@H]1O. The number of hydrogen-bond donors (Lipinski definition) is 5. The Bertz CT molecular complexity index is 894. The molecule has 1 saturated heterocycles. The van der Waals surface area contributed by atoms with Gasteiger partial charge in [0.2, 0.25) is 5.82 Å². The van der Waals surface area contributed by atoms with Gasteiger partial charge in [-0.3, -0.25) is 18.9 Å². The number of hydrogen-bond acceptors (Lipinski definition) is 7. The number of aliphatic hydroxyl groups excluding tert-OH is 2. The van der Waals surface area contributed by atoms with Crippen LogP contribution in [-0.4, -0.2) is 54.2 Å². The van der Waals surface area contributed by atoms with Crippen LogP contribution < -0.4 is 5.56 Å². The van der Waals surface area contributed by atoms with E-state index >= 15 is 0 Å². The van der Waals surface area contributed by atoms with Crippen LogP contribution in [0.1, 0.15) is 10.3 Å². The summed E-state index contributed by atoms with van der Waals surface area (Å²) in [6, 6.07) is 0. The van der Waals surface area contributed by atoms with Crippen LogP contribution in [0.3, 0.4) is 0 Å². The van der Waals surface area contributed by atoms with E-state index in [9.17, 15) is 28.4 Å². The molecule has 23 heavy (non-hydrogen) atoms. The maximum absolute atomic E-state index is 14.9. The second kappa shape index (κ2) is 6.11. The molecule has 0 aromatic carbocycles. The molecule has 14 heteroatoms. The highest BCUT2D eigenvalue weighted by Gasteiger charge is 2.57. The van der Waals surface area contributed by atoms with Gasteiger partial charge in [0.15, 0.2) is 11.0 Å². The van der Waals surface area contributed by atoms with Gasteiger partial charge in [0.1, 0.15) is 18.8 Å². The number of aliphatic hydroxyl groups is 2. The number of aromatic amines is 1. The van der Waals surface area contributed by atoms with Crippen molar-refractivity contribution in [1.82, 2.24) is 9.55 Å². The lowest BCUT2D eigenvalue weighted by molar-refractivity contribution is -0.204. The minimum atomic E-state index is -5.65. The molecule has 1 aliphatic rings. The summed E-state index contributed by atoms with van der Waals surface area (Å²) in [5.74, 6) is -5.74. The standard InChI is InChI=1S/C9H11F2N2O8PS/c10-3-1-13(8(23)12-6(3)16)7-4(14)5(15)9(11,21-7)2-20-22(17,18)19/h1,4-5,7,14-15H,2H2,(H,12,16,23)(H2,17,18,19)/t4-,5+,7-,9-/m1/s1/i2D2,7D. The molecule has 5 N–H and O–H groups in total. The van der Waals surface area contributed by atoms with E-state index in [0.717, 1.165) is 0 Å². The number of halogens is 2. The quantitative estimate of drug-likeness (QED) is 0.330. The number of nitrogens with zero attached hydrogens (tertiary/aromatic N) is 1. The molecule has 4 atom stereocenters. The van der Waals surface area contributed by atoms with E-state index in [1.807, 2.05) is 0 Å². The summed E-state index contributed by atoms with van der Waals surface area (Å²) < 4.78 is 69.2. The van der Waals surface area contributed by atoms with Gasteiger partial charge in [-0.2, -0.15) is 4.39 Å². The summed E-state index contributed by atoms with van der Waals surface area (Å²) in [6.45, 7) is -4.07. The topological polar surface area (TPSA) is 154 Å². The summed E-state index contributed by atoms with van der Waals surface area (Å²) in [5.41, 5.74) is -1.32. The Labute approximate surface area is 135 Å². The molecule has 0 unspecified atom stereocenters. The first kappa shape index (κ1) is 14.3. The number of ether oxygens (including phenoxy) is 1. The first-order chi connectivity index (χ1) is 11.5. The summed E-state index contributed by atoms with van der Waals surface area (Å²) >= 11 is 4.63. The fourth-order valence-electron chi connectivity index (χ4n) is 1.62. The number of phosphoric acid groups is 1. The van der Waals surface area contributed by atoms with Crippen LogP contribution in [0.5, 0.6) is 0 Å². The van der Waals surface area contributed by atoms with Crippen LogP contribution in [0.25, 0.3) is 0 Å². The third kappa shape index (κ3) is 3.72. The van der Waals surface area contributed by atoms with Gasteiger partial charge >= 0.3 is 7.82 Å². The highest BCUT2D eigenvalue weighted by molar-refractivity contribution is 7.71. The Balaban J connectivity index is 2.59. The van der Waals surface area contributed by atoms with E-state index in [4.69, 9.17) is 13.9 Å². The van der Waals surface area contributed by atoms with E-state index in [2.05, 4.69) is 21.5 Å². The van der Waals surface area contributed by atoms with Crippen molar-refractivity contribution in [3.8, 4) is 0 Å². The van der Waals surface area contributed by atoms with Gasteiger partial charge in [0.25, 0.3) is 11.4 Å². The number of rotatable bonds is 4. The van der Waals surface area contributed by atoms with Crippen molar-refractivity contribution in [2.45, 2.75) is 24.3 Å². The molecule has 2 heterocycles. The van der Waals surface area contributed by atoms with Gasteiger partial charge in [0, 0.05) is 0 Å². The molecule has 0 amide bonds. The predicted octanol–water partition coefficient (Wildman–Crippen LogP) is -0.929. The molecule has 1 fully saturated rings. The fraction of sp³-hybridized carbons (Fsp3) is 0.556. The molecule has 130 valence electrons. The molecule has 0 spiro atoms. The molecule has 1 aromatic rings. The number of phosphoric ester groups is 1. The van der Waals surface area contributed by atoms with Crippen molar-refractivity contribution in [1.29, 1.82) is 0 Å². The summed E-state index contributed by atoms with van der Waals surface area (Å²) in [4.78, 5) is 30.2. The minimum absolute atomic E-state index is 0.168. The lowest BCUT2D eigenvalue weighted by Crippen LogP contribution is -2.42. The smallest absolute Gasteiger partial charge is 0.385 e. The fourth-order valence-corrected chi connectivity index (χ4v) is 2.10. The second-order valence-electron chi connectivity index (χ2n) is 4.27. The van der Waals surface area contributed by atoms with Gasteiger partial charge in [-0.15, -0.1) is 0 Å². The first-order valence-electron chi connectivity index (χ1n) is 7.08. The second-order valence-corrected chi connectivity index (χ2v) is 5.82. The highest BCUT2D eigenvalue weighted by Crippen LogP contribution is 2.43. The van der Waals surface area contributed by atoms with E-state index in [1.165, 1.54) is 0 Å². The zero-order chi connectivity index (χ0) is 20.3. The van der Waals surface area contributed by atoms with Crippen LogP contribution in [0.2, 0.25) is 0 Å². The van der Waals surface area contributed by atoms with Gasteiger partial charge in [-0.1, -0.05) is 0 Å². The third-order valence-corrected chi connectivity index (χ3v) is 3.25. The maximum Gasteiger partial charge on any atom is 0.469 e. The molecule has 0 aliphatic carbocycles. The number of alkyl halides is 1. The van der Waals surface area contributed by atoms with Gasteiger partial charge < -0.3 is 24.7 Å². The monoisotopic (exact) mass is 379 g/mol. The summed E-state index contributed by atoms with van der Waals surface area (Å²) in [7, 11) is -5.65. The van der Waals surface area contributed by atoms with Crippen molar-refractivity contribution < 1.29 is 46.7 Å². The minimum Gasteiger partial charge on any atom is -0.385 e. The van der Waals surface area contributed by atoms with Crippen LogP contribution in [0, 0.1) is 10.6 Å². The molecule has 10 nitrogen and oxygen atoms in total. The molecule has 1 aliphatic heterocycles. The molecular weight excluding hydrogens is 365 g/mol. The average Bonchev–Trinajstić information content (AvgIpc) is 2.63. The van der Waals surface area contributed by atoms with Crippen LogP contribution in [0.4, 0.5) is 8.78 Å². The predicted molar refractivity (Wildman–Crippen MR) is 69.8 cm³/mol. The van der Waals surface area contributed by atoms with Crippen LogP contribution >= 0.6 is 20.0 Å². The van der Waals surface area contributed by atoms with E-state index in [1.54, 1.807) is 4.98 Å². The van der Waals surface area contributed by atoms with Crippen LogP contribution in [0.15, 0.2) is 11.0 Å². The Kier molecular flexibility index (Phi) is 3.80. The van der Waals surface area contributed by atoms with Crippen LogP contribution in [-0.2, 0) is 13.8 Å². The van der Waals surface area contributed by atoms with Crippen molar-refractivity contribution in [3.63, 3.8) is 0 Å². The normalized spacial score (nSPS) is 37.2. The van der Waals surface area contributed by atoms with Gasteiger partial charge in [-0.25, -0.2) is 8.96 Å². The highest BCUT2D eigenvalue weighted by atomic mass is 32.1. The molecule has 0 bridgehead atoms. The van der Waals surface area contributed by atoms with Crippen molar-refractivity contribution in [3.05, 3.63) is 27.1 Å². The van der Waals surface area contributed by atoms with Crippen molar-refractivity contribution in [2.75, 3.05) is 6.56 Å². The summed E-state index contributed by atoms with van der Waals surface area (Å²) in [5, 5.41) is 19.8. The zero-order valence-corrected chi connectivity index (χ0v) is 12.4. The van der Waals surface area contributed by atoms with Gasteiger partial charge in [-0.05, 0) is 12.2 Å². The van der Waals surface area contributed by atoms with Crippen molar-refractivity contribution in [2.24, 2.45) is 0 Å². The molecule has 0 radical (unpaired) electrons. The lowest BCUT2D eigenvalue weighted by Gasteiger charge is -2.22. The van der Waals surface area contributed by atoms with Gasteiger partial charge in [0.05, 0.1) is 10.3 Å². The number of aromatic nitrogens is 2. The number of nitrogens with one attached hydrogen (secondary N) is 1. The summed E-state index contributed by atoms with van der Waals surface area (Å²) in [6.07, 6.45) is -8.59. The lowest BCUT2D eigenvalue weighted by atomic mass is 10.1. The molecule has 0 saturated carbocycles. The molecular formula is C9H11F2N2O8PS. The maximum atomic E-state index is 14.9. The van der Waals surface area contributed by atoms with E-state index < -0.39 is 54.8 Å². The van der Waals surface area contributed by atoms with E-state index in [0.29, 0.717) is 0 Å². The average molecular weight is 379 g/mol. The number of H-pyrrole nitrogens is 1. The molecule has 2 rings (SSSR count). The largest absolute Gasteiger partial charge is 0.469 e. The van der Waals surface area contributed by atoms with E-state index in [-0.39, 0.29) is 10.8 Å². The Hall–Kier alpha value is -1.05. The Morgan fingerprint density at radius 3 is 2.83 bits per heavy atom. The third-order valence-electron chi connectivity index (χ3n) is 2.63. The Morgan fingerprint density at radius 2 is 2.26 bits per heavy atom. The molecule has 1 aromatic heterocycles. The zero-order valence-electron chi connectivity index (χ0n) is 13.7. The van der Waals surface area contributed by atoms with Crippen molar-refractivity contribution >= 4 is 20.0 Å². The first-order valence-corrected chi connectivity index (χ1v) is 7.52. The Morgan fingerprint density at radius 1 is 1.65 bits per heavy atom.